The second-order valence-corrected chi connectivity index (χ2v) is 5.20. The SMILES string of the molecule is O=C(NC1CCCCNC1=O)c1cc(C2CC2)on1. The van der Waals surface area contributed by atoms with Crippen LogP contribution in [0.15, 0.2) is 10.6 Å². The van der Waals surface area contributed by atoms with E-state index in [0.717, 1.165) is 31.4 Å². The van der Waals surface area contributed by atoms with Crippen LogP contribution in [0.1, 0.15) is 54.3 Å². The smallest absolute Gasteiger partial charge is 0.274 e. The van der Waals surface area contributed by atoms with Gasteiger partial charge in [0.25, 0.3) is 5.91 Å². The van der Waals surface area contributed by atoms with Crippen molar-refractivity contribution >= 4 is 11.8 Å². The molecule has 102 valence electrons. The summed E-state index contributed by atoms with van der Waals surface area (Å²) in [7, 11) is 0. The van der Waals surface area contributed by atoms with Gasteiger partial charge in [-0.25, -0.2) is 0 Å². The Morgan fingerprint density at radius 2 is 2.21 bits per heavy atom. The summed E-state index contributed by atoms with van der Waals surface area (Å²) < 4.78 is 5.14. The number of hydrogen-bond donors (Lipinski definition) is 2. The topological polar surface area (TPSA) is 84.2 Å². The van der Waals surface area contributed by atoms with Crippen LogP contribution in [0, 0.1) is 0 Å². The molecule has 1 aromatic rings. The van der Waals surface area contributed by atoms with E-state index in [-0.39, 0.29) is 17.5 Å². The highest BCUT2D eigenvalue weighted by Crippen LogP contribution is 2.40. The molecule has 2 aliphatic rings. The van der Waals surface area contributed by atoms with Crippen LogP contribution in [-0.4, -0.2) is 29.6 Å². The molecule has 0 bridgehead atoms. The molecule has 3 rings (SSSR count). The minimum absolute atomic E-state index is 0.114. The van der Waals surface area contributed by atoms with Gasteiger partial charge in [0.15, 0.2) is 5.69 Å². The fourth-order valence-corrected chi connectivity index (χ4v) is 2.27. The third-order valence-corrected chi connectivity index (χ3v) is 3.58. The van der Waals surface area contributed by atoms with E-state index in [1.54, 1.807) is 6.07 Å². The lowest BCUT2D eigenvalue weighted by Crippen LogP contribution is -2.45. The van der Waals surface area contributed by atoms with Crippen LogP contribution in [0.2, 0.25) is 0 Å². The van der Waals surface area contributed by atoms with Crippen molar-refractivity contribution in [2.75, 3.05) is 6.54 Å². The molecule has 1 saturated heterocycles. The first-order valence-electron chi connectivity index (χ1n) is 6.79. The molecule has 0 aromatic carbocycles. The van der Waals surface area contributed by atoms with Gasteiger partial charge in [-0.1, -0.05) is 5.16 Å². The maximum atomic E-state index is 12.0. The van der Waals surface area contributed by atoms with Gasteiger partial charge in [0, 0.05) is 18.5 Å². The van der Waals surface area contributed by atoms with Crippen LogP contribution in [-0.2, 0) is 4.79 Å². The third-order valence-electron chi connectivity index (χ3n) is 3.58. The minimum atomic E-state index is -0.462. The second-order valence-electron chi connectivity index (χ2n) is 5.20. The molecular weight excluding hydrogens is 246 g/mol. The molecule has 2 fully saturated rings. The summed E-state index contributed by atoms with van der Waals surface area (Å²) >= 11 is 0. The lowest BCUT2D eigenvalue weighted by atomic mass is 10.1. The zero-order valence-electron chi connectivity index (χ0n) is 10.6. The molecule has 2 amide bonds. The van der Waals surface area contributed by atoms with Crippen LogP contribution >= 0.6 is 0 Å². The number of nitrogens with zero attached hydrogens (tertiary/aromatic N) is 1. The van der Waals surface area contributed by atoms with Crippen molar-refractivity contribution in [3.63, 3.8) is 0 Å². The average Bonchev–Trinajstić information content (AvgIpc) is 3.17. The Morgan fingerprint density at radius 3 is 3.00 bits per heavy atom. The maximum Gasteiger partial charge on any atom is 0.274 e. The van der Waals surface area contributed by atoms with E-state index in [2.05, 4.69) is 15.8 Å². The largest absolute Gasteiger partial charge is 0.360 e. The number of carbonyl (C=O) groups is 2. The molecule has 6 nitrogen and oxygen atoms in total. The van der Waals surface area contributed by atoms with E-state index in [1.165, 1.54) is 0 Å². The first-order chi connectivity index (χ1) is 9.24. The van der Waals surface area contributed by atoms with Gasteiger partial charge >= 0.3 is 0 Å². The standard InChI is InChI=1S/C13H17N3O3/c17-12-9(3-1-2-6-14-12)15-13(18)10-7-11(19-16-10)8-4-5-8/h7-9H,1-6H2,(H,14,17)(H,15,18). The highest BCUT2D eigenvalue weighted by atomic mass is 16.5. The summed E-state index contributed by atoms with van der Waals surface area (Å²) in [5.74, 6) is 0.750. The normalized spacial score (nSPS) is 23.6. The van der Waals surface area contributed by atoms with Crippen LogP contribution in [0.25, 0.3) is 0 Å². The van der Waals surface area contributed by atoms with Gasteiger partial charge in [-0.3, -0.25) is 9.59 Å². The predicted octanol–water partition coefficient (Wildman–Crippen LogP) is 0.950. The Hall–Kier alpha value is -1.85. The number of hydrogen-bond acceptors (Lipinski definition) is 4. The van der Waals surface area contributed by atoms with Gasteiger partial charge in [0.2, 0.25) is 5.91 Å². The molecule has 6 heteroatoms. The molecule has 1 unspecified atom stereocenters. The Morgan fingerprint density at radius 1 is 1.37 bits per heavy atom. The van der Waals surface area contributed by atoms with E-state index in [0.29, 0.717) is 18.9 Å². The molecule has 2 heterocycles. The van der Waals surface area contributed by atoms with Crippen molar-refractivity contribution in [3.05, 3.63) is 17.5 Å². The van der Waals surface area contributed by atoms with Crippen molar-refractivity contribution in [3.8, 4) is 0 Å². The zero-order valence-corrected chi connectivity index (χ0v) is 10.6. The summed E-state index contributed by atoms with van der Waals surface area (Å²) in [5, 5.41) is 9.28. The fraction of sp³-hybridized carbons (Fsp3) is 0.615. The zero-order chi connectivity index (χ0) is 13.2. The Kier molecular flexibility index (Phi) is 3.23. The summed E-state index contributed by atoms with van der Waals surface area (Å²) in [6.07, 6.45) is 4.75. The molecule has 2 N–H and O–H groups in total. The molecule has 0 spiro atoms. The summed E-state index contributed by atoms with van der Waals surface area (Å²) in [5.41, 5.74) is 0.263. The first kappa shape index (κ1) is 12.2. The Labute approximate surface area is 110 Å². The second kappa shape index (κ2) is 5.03. The summed E-state index contributed by atoms with van der Waals surface area (Å²) in [4.78, 5) is 23.7. The molecule has 19 heavy (non-hydrogen) atoms. The van der Waals surface area contributed by atoms with Crippen LogP contribution in [0.3, 0.4) is 0 Å². The fourth-order valence-electron chi connectivity index (χ4n) is 2.27. The molecule has 1 aliphatic carbocycles. The van der Waals surface area contributed by atoms with Crippen LogP contribution < -0.4 is 10.6 Å². The van der Waals surface area contributed by atoms with Crippen LogP contribution in [0.4, 0.5) is 0 Å². The van der Waals surface area contributed by atoms with Crippen molar-refractivity contribution in [1.82, 2.24) is 15.8 Å². The van der Waals surface area contributed by atoms with Crippen molar-refractivity contribution < 1.29 is 14.1 Å². The number of amides is 2. The monoisotopic (exact) mass is 263 g/mol. The quantitative estimate of drug-likeness (QED) is 0.850. The van der Waals surface area contributed by atoms with Gasteiger partial charge in [0.05, 0.1) is 0 Å². The van der Waals surface area contributed by atoms with Gasteiger partial charge in [-0.2, -0.15) is 0 Å². The number of carbonyl (C=O) groups excluding carboxylic acids is 2. The van der Waals surface area contributed by atoms with Gasteiger partial charge in [0.1, 0.15) is 11.8 Å². The van der Waals surface area contributed by atoms with Gasteiger partial charge < -0.3 is 15.2 Å². The molecule has 1 atom stereocenters. The molecule has 1 saturated carbocycles. The van der Waals surface area contributed by atoms with Crippen molar-refractivity contribution in [2.24, 2.45) is 0 Å². The van der Waals surface area contributed by atoms with E-state index in [1.807, 2.05) is 0 Å². The summed E-state index contributed by atoms with van der Waals surface area (Å²) in [6.45, 7) is 0.682. The molecule has 1 aliphatic heterocycles. The third kappa shape index (κ3) is 2.77. The Bertz CT molecular complexity index is 493. The first-order valence-corrected chi connectivity index (χ1v) is 6.79. The van der Waals surface area contributed by atoms with E-state index < -0.39 is 6.04 Å². The maximum absolute atomic E-state index is 12.0. The van der Waals surface area contributed by atoms with E-state index >= 15 is 0 Å². The highest BCUT2D eigenvalue weighted by molar-refractivity contribution is 5.96. The Balaban J connectivity index is 1.63. The average molecular weight is 263 g/mol. The lowest BCUT2D eigenvalue weighted by molar-refractivity contribution is -0.122. The minimum Gasteiger partial charge on any atom is -0.360 e. The summed E-state index contributed by atoms with van der Waals surface area (Å²) in [6, 6.07) is 1.22. The van der Waals surface area contributed by atoms with Gasteiger partial charge in [-0.05, 0) is 32.1 Å². The van der Waals surface area contributed by atoms with Crippen molar-refractivity contribution in [1.29, 1.82) is 0 Å². The molecule has 1 aromatic heterocycles. The van der Waals surface area contributed by atoms with E-state index in [4.69, 9.17) is 4.52 Å². The molecule has 0 radical (unpaired) electrons. The number of nitrogens with one attached hydrogen (secondary N) is 2. The lowest BCUT2D eigenvalue weighted by Gasteiger charge is -2.13. The van der Waals surface area contributed by atoms with E-state index in [9.17, 15) is 9.59 Å². The van der Waals surface area contributed by atoms with Crippen molar-refractivity contribution in [2.45, 2.75) is 44.1 Å². The number of rotatable bonds is 3. The van der Waals surface area contributed by atoms with Gasteiger partial charge in [-0.15, -0.1) is 0 Å². The predicted molar refractivity (Wildman–Crippen MR) is 66.6 cm³/mol. The highest BCUT2D eigenvalue weighted by Gasteiger charge is 2.30. The number of aromatic nitrogens is 1. The van der Waals surface area contributed by atoms with Crippen LogP contribution in [0.5, 0.6) is 0 Å². The molecular formula is C13H17N3O3.